The summed E-state index contributed by atoms with van der Waals surface area (Å²) in [6.45, 7) is 3.69. The minimum Gasteiger partial charge on any atom is -0.493 e. The third kappa shape index (κ3) is 9.68. The Morgan fingerprint density at radius 2 is 1.53 bits per heavy atom. The van der Waals surface area contributed by atoms with Crippen LogP contribution < -0.4 is 19.1 Å². The van der Waals surface area contributed by atoms with Gasteiger partial charge in [0.05, 0.1) is 34.8 Å². The number of unbranched alkanes of at least 4 members (excludes halogenated alkanes) is 1. The number of carbonyl (C=O) groups is 2. The molecule has 1 N–H and O–H groups in total. The number of amides is 2. The molecule has 0 aromatic heterocycles. The second-order valence-electron chi connectivity index (χ2n) is 11.5. The van der Waals surface area contributed by atoms with E-state index in [0.29, 0.717) is 22.9 Å². The average Bonchev–Trinajstić information content (AvgIpc) is 3.10. The Morgan fingerprint density at radius 3 is 2.16 bits per heavy atom. The number of anilines is 1. The zero-order chi connectivity index (χ0) is 35.6. The monoisotopic (exact) mass is 725 g/mol. The van der Waals surface area contributed by atoms with E-state index in [1.165, 1.54) is 37.3 Å². The summed E-state index contributed by atoms with van der Waals surface area (Å²) in [7, 11) is -1.48. The quantitative estimate of drug-likeness (QED) is 0.124. The third-order valence-corrected chi connectivity index (χ3v) is 10.5. The summed E-state index contributed by atoms with van der Waals surface area (Å²) in [5.74, 6) is -0.380. The molecule has 0 spiro atoms. The van der Waals surface area contributed by atoms with E-state index in [0.717, 1.165) is 28.3 Å². The third-order valence-electron chi connectivity index (χ3n) is 7.98. The van der Waals surface area contributed by atoms with Crippen LogP contribution in [0.3, 0.4) is 0 Å². The highest BCUT2D eigenvalue weighted by Gasteiger charge is 2.35. The van der Waals surface area contributed by atoms with Crippen molar-refractivity contribution < 1.29 is 27.5 Å². The minimum atomic E-state index is -4.35. The van der Waals surface area contributed by atoms with Crippen molar-refractivity contribution >= 4 is 50.7 Å². The predicted molar refractivity (Wildman–Crippen MR) is 194 cm³/mol. The van der Waals surface area contributed by atoms with Crippen LogP contribution in [0.15, 0.2) is 95.9 Å². The normalized spacial score (nSPS) is 11.8. The van der Waals surface area contributed by atoms with Gasteiger partial charge in [-0.15, -0.1) is 0 Å². The van der Waals surface area contributed by atoms with Gasteiger partial charge in [0, 0.05) is 25.6 Å². The number of carbonyl (C=O) groups excluding carboxylic acids is 2. The number of hydrogen-bond acceptors (Lipinski definition) is 6. The minimum absolute atomic E-state index is 0.0352. The van der Waals surface area contributed by atoms with E-state index < -0.39 is 28.5 Å². The van der Waals surface area contributed by atoms with Crippen molar-refractivity contribution in [1.29, 1.82) is 0 Å². The maximum absolute atomic E-state index is 14.7. The number of benzene rings is 4. The van der Waals surface area contributed by atoms with Crippen LogP contribution in [0.2, 0.25) is 10.0 Å². The van der Waals surface area contributed by atoms with Gasteiger partial charge in [0.1, 0.15) is 12.6 Å². The first kappa shape index (κ1) is 37.6. The molecule has 0 aliphatic rings. The molecule has 0 aliphatic carbocycles. The smallest absolute Gasteiger partial charge is 0.264 e. The lowest BCUT2D eigenvalue weighted by atomic mass is 10.0. The van der Waals surface area contributed by atoms with Gasteiger partial charge in [0.15, 0.2) is 11.5 Å². The fourth-order valence-corrected chi connectivity index (χ4v) is 6.99. The summed E-state index contributed by atoms with van der Waals surface area (Å²) in [6, 6.07) is 24.4. The van der Waals surface area contributed by atoms with Crippen molar-refractivity contribution in [2.24, 2.45) is 0 Å². The number of halogens is 2. The highest BCUT2D eigenvalue weighted by Crippen LogP contribution is 2.33. The zero-order valence-electron chi connectivity index (χ0n) is 28.0. The van der Waals surface area contributed by atoms with E-state index in [-0.39, 0.29) is 40.2 Å². The highest BCUT2D eigenvalue weighted by atomic mass is 35.5. The summed E-state index contributed by atoms with van der Waals surface area (Å²) < 4.78 is 40.5. The lowest BCUT2D eigenvalue weighted by Gasteiger charge is -2.34. The molecule has 9 nitrogen and oxygen atoms in total. The van der Waals surface area contributed by atoms with Crippen molar-refractivity contribution in [3.63, 3.8) is 0 Å². The maximum Gasteiger partial charge on any atom is 0.264 e. The molecule has 4 rings (SSSR count). The van der Waals surface area contributed by atoms with Gasteiger partial charge >= 0.3 is 0 Å². The molecule has 0 unspecified atom stereocenters. The number of ether oxygens (including phenoxy) is 2. The van der Waals surface area contributed by atoms with Gasteiger partial charge in [-0.05, 0) is 60.9 Å². The number of sulfonamides is 1. The fourth-order valence-electron chi connectivity index (χ4n) is 5.24. The molecular formula is C37H41Cl2N3O6S. The Balaban J connectivity index is 1.82. The zero-order valence-corrected chi connectivity index (χ0v) is 30.3. The van der Waals surface area contributed by atoms with E-state index >= 15 is 0 Å². The number of aryl methyl sites for hydroxylation is 1. The van der Waals surface area contributed by atoms with Crippen LogP contribution in [0.5, 0.6) is 11.5 Å². The van der Waals surface area contributed by atoms with Crippen molar-refractivity contribution in [1.82, 2.24) is 10.2 Å². The van der Waals surface area contributed by atoms with Crippen molar-refractivity contribution in [2.45, 2.75) is 50.6 Å². The number of nitrogens with zero attached hydrogens (tertiary/aromatic N) is 2. The Labute approximate surface area is 298 Å². The van der Waals surface area contributed by atoms with Crippen molar-refractivity contribution in [2.75, 3.05) is 31.6 Å². The van der Waals surface area contributed by atoms with E-state index in [1.54, 1.807) is 42.5 Å². The van der Waals surface area contributed by atoms with Crippen LogP contribution in [0.25, 0.3) is 0 Å². The van der Waals surface area contributed by atoms with Gasteiger partial charge in [-0.2, -0.15) is 0 Å². The Morgan fingerprint density at radius 1 is 0.837 bits per heavy atom. The van der Waals surface area contributed by atoms with Crippen LogP contribution >= 0.6 is 23.2 Å². The first-order valence-corrected chi connectivity index (χ1v) is 18.0. The van der Waals surface area contributed by atoms with Crippen LogP contribution in [-0.4, -0.2) is 58.5 Å². The van der Waals surface area contributed by atoms with Crippen molar-refractivity contribution in [3.05, 3.63) is 118 Å². The standard InChI is InChI=1S/C37H41Cl2N3O6S/c1-5-6-20-40-37(44)33(22-27-10-8-7-9-11-27)41(24-28-14-18-31(38)32(39)21-28)36(43)25-42(29-15-12-26(2)13-16-29)49(45,46)30-17-19-34(47-3)35(23-30)48-4/h7-19,21,23,33H,5-6,20,22,24-25H2,1-4H3,(H,40,44)/t33-/m0/s1. The molecule has 0 heterocycles. The Hall–Kier alpha value is -4.25. The molecule has 0 fully saturated rings. The lowest BCUT2D eigenvalue weighted by molar-refractivity contribution is -0.140. The van der Waals surface area contributed by atoms with Gasteiger partial charge in [0.2, 0.25) is 11.8 Å². The Kier molecular flexibility index (Phi) is 13.4. The van der Waals surface area contributed by atoms with Crippen LogP contribution in [0.4, 0.5) is 5.69 Å². The van der Waals surface area contributed by atoms with Gasteiger partial charge < -0.3 is 19.7 Å². The summed E-state index contributed by atoms with van der Waals surface area (Å²) in [5, 5.41) is 3.61. The summed E-state index contributed by atoms with van der Waals surface area (Å²) in [5.41, 5.74) is 2.63. The molecule has 0 radical (unpaired) electrons. The fraction of sp³-hybridized carbons (Fsp3) is 0.297. The first-order chi connectivity index (χ1) is 23.5. The number of nitrogens with one attached hydrogen (secondary N) is 1. The van der Waals surface area contributed by atoms with E-state index in [4.69, 9.17) is 32.7 Å². The molecule has 4 aromatic rings. The summed E-state index contributed by atoms with van der Waals surface area (Å²) >= 11 is 12.6. The number of rotatable bonds is 16. The molecule has 2 amide bonds. The molecule has 1 atom stereocenters. The van der Waals surface area contributed by atoms with Crippen LogP contribution in [0.1, 0.15) is 36.5 Å². The first-order valence-electron chi connectivity index (χ1n) is 15.8. The van der Waals surface area contributed by atoms with E-state index in [1.807, 2.05) is 44.2 Å². The van der Waals surface area contributed by atoms with Gasteiger partial charge in [-0.3, -0.25) is 13.9 Å². The molecule has 4 aromatic carbocycles. The average molecular weight is 727 g/mol. The second kappa shape index (κ2) is 17.4. The van der Waals surface area contributed by atoms with Gasteiger partial charge in [-0.1, -0.05) is 90.6 Å². The largest absolute Gasteiger partial charge is 0.493 e. The summed E-state index contributed by atoms with van der Waals surface area (Å²) in [6.07, 6.45) is 1.82. The molecule has 260 valence electrons. The Bertz CT molecular complexity index is 1840. The topological polar surface area (TPSA) is 105 Å². The second-order valence-corrected chi connectivity index (χ2v) is 14.2. The molecular weight excluding hydrogens is 685 g/mol. The number of hydrogen-bond donors (Lipinski definition) is 1. The van der Waals surface area contributed by atoms with Crippen LogP contribution in [-0.2, 0) is 32.6 Å². The highest BCUT2D eigenvalue weighted by molar-refractivity contribution is 7.92. The van der Waals surface area contributed by atoms with E-state index in [2.05, 4.69) is 5.32 Å². The van der Waals surface area contributed by atoms with Crippen LogP contribution in [0, 0.1) is 6.92 Å². The van der Waals surface area contributed by atoms with Gasteiger partial charge in [-0.25, -0.2) is 8.42 Å². The molecule has 0 saturated carbocycles. The molecule has 49 heavy (non-hydrogen) atoms. The lowest BCUT2D eigenvalue weighted by Crippen LogP contribution is -2.53. The van der Waals surface area contributed by atoms with Crippen molar-refractivity contribution in [3.8, 4) is 11.5 Å². The SMILES string of the molecule is CCCCNC(=O)[C@H](Cc1ccccc1)N(Cc1ccc(Cl)c(Cl)c1)C(=O)CN(c1ccc(C)cc1)S(=O)(=O)c1ccc(OC)c(OC)c1. The molecule has 12 heteroatoms. The predicted octanol–water partition coefficient (Wildman–Crippen LogP) is 7.07. The summed E-state index contributed by atoms with van der Waals surface area (Å²) in [4.78, 5) is 29.9. The molecule has 0 bridgehead atoms. The maximum atomic E-state index is 14.7. The van der Waals surface area contributed by atoms with Gasteiger partial charge in [0.25, 0.3) is 10.0 Å². The molecule has 0 aliphatic heterocycles. The van der Waals surface area contributed by atoms with E-state index in [9.17, 15) is 18.0 Å². The number of methoxy groups -OCH3 is 2. The molecule has 0 saturated heterocycles.